The lowest BCUT2D eigenvalue weighted by atomic mass is 10.3. The molecule has 0 N–H and O–H groups in total. The number of halogens is 1. The molecule has 0 radical (unpaired) electrons. The molecule has 0 aliphatic carbocycles. The van der Waals surface area contributed by atoms with E-state index in [0.29, 0.717) is 10.8 Å². The summed E-state index contributed by atoms with van der Waals surface area (Å²) in [5, 5.41) is 0.697. The van der Waals surface area contributed by atoms with Crippen molar-refractivity contribution in [2.45, 2.75) is 17.2 Å². The standard InChI is InChI=1S/C13H13ClN2OS2/c14-9-3-4-11-10(7-9)15-13(19-11)18-8-12(17)16-5-1-2-6-16/h3-4,7H,1-2,5-6,8H2. The molecular formula is C13H13ClN2OS2. The van der Waals surface area contributed by atoms with E-state index in [1.54, 1.807) is 11.3 Å². The number of carbonyl (C=O) groups excluding carboxylic acids is 1. The largest absolute Gasteiger partial charge is 0.342 e. The number of rotatable bonds is 3. The first-order valence-corrected chi connectivity index (χ1v) is 8.37. The highest BCUT2D eigenvalue weighted by Crippen LogP contribution is 2.31. The summed E-state index contributed by atoms with van der Waals surface area (Å²) in [6.07, 6.45) is 2.27. The third kappa shape index (κ3) is 3.04. The number of thioether (sulfide) groups is 1. The van der Waals surface area contributed by atoms with Gasteiger partial charge in [0.2, 0.25) is 5.91 Å². The Hall–Kier alpha value is -0.780. The van der Waals surface area contributed by atoms with Gasteiger partial charge in [-0.3, -0.25) is 4.79 Å². The number of hydrogen-bond acceptors (Lipinski definition) is 4. The molecule has 3 rings (SSSR count). The van der Waals surface area contributed by atoms with Crippen LogP contribution in [0, 0.1) is 0 Å². The molecule has 1 aromatic carbocycles. The van der Waals surface area contributed by atoms with Crippen molar-refractivity contribution in [3.05, 3.63) is 23.2 Å². The van der Waals surface area contributed by atoms with Gasteiger partial charge in [-0.25, -0.2) is 4.98 Å². The summed E-state index contributed by atoms with van der Waals surface area (Å²) in [7, 11) is 0. The number of hydrogen-bond donors (Lipinski definition) is 0. The zero-order chi connectivity index (χ0) is 13.2. The summed E-state index contributed by atoms with van der Waals surface area (Å²) in [5.74, 6) is 0.702. The van der Waals surface area contributed by atoms with Crippen LogP contribution in [0.25, 0.3) is 10.2 Å². The fourth-order valence-electron chi connectivity index (χ4n) is 2.12. The summed E-state index contributed by atoms with van der Waals surface area (Å²) in [6, 6.07) is 5.70. The lowest BCUT2D eigenvalue weighted by Gasteiger charge is -2.13. The zero-order valence-electron chi connectivity index (χ0n) is 10.3. The van der Waals surface area contributed by atoms with Crippen molar-refractivity contribution in [3.63, 3.8) is 0 Å². The maximum Gasteiger partial charge on any atom is 0.233 e. The van der Waals surface area contributed by atoms with Crippen molar-refractivity contribution in [2.24, 2.45) is 0 Å². The van der Waals surface area contributed by atoms with E-state index in [9.17, 15) is 4.79 Å². The molecule has 19 heavy (non-hydrogen) atoms. The van der Waals surface area contributed by atoms with Gasteiger partial charge in [0.25, 0.3) is 0 Å². The zero-order valence-corrected chi connectivity index (χ0v) is 12.7. The number of benzene rings is 1. The number of nitrogens with zero attached hydrogens (tertiary/aromatic N) is 2. The quantitative estimate of drug-likeness (QED) is 0.811. The van der Waals surface area contributed by atoms with Gasteiger partial charge < -0.3 is 4.90 Å². The maximum absolute atomic E-state index is 11.9. The minimum atomic E-state index is 0.222. The van der Waals surface area contributed by atoms with Crippen LogP contribution in [0.3, 0.4) is 0 Å². The molecule has 1 fully saturated rings. The van der Waals surface area contributed by atoms with Crippen LogP contribution in [-0.2, 0) is 4.79 Å². The molecular weight excluding hydrogens is 300 g/mol. The Morgan fingerprint density at radius 1 is 1.42 bits per heavy atom. The second kappa shape index (κ2) is 5.69. The average molecular weight is 313 g/mol. The average Bonchev–Trinajstić information content (AvgIpc) is 3.04. The topological polar surface area (TPSA) is 33.2 Å². The Morgan fingerprint density at radius 2 is 2.21 bits per heavy atom. The molecule has 0 bridgehead atoms. The van der Waals surface area contributed by atoms with Crippen LogP contribution in [-0.4, -0.2) is 34.6 Å². The predicted octanol–water partition coefficient (Wildman–Crippen LogP) is 3.66. The monoisotopic (exact) mass is 312 g/mol. The van der Waals surface area contributed by atoms with Gasteiger partial charge in [-0.2, -0.15) is 0 Å². The molecule has 1 saturated heterocycles. The van der Waals surface area contributed by atoms with E-state index < -0.39 is 0 Å². The summed E-state index contributed by atoms with van der Waals surface area (Å²) in [5.41, 5.74) is 0.911. The Labute approximate surface area is 125 Å². The first-order chi connectivity index (χ1) is 9.22. The molecule has 3 nitrogen and oxygen atoms in total. The summed E-state index contributed by atoms with van der Waals surface area (Å²) < 4.78 is 2.05. The molecule has 0 atom stereocenters. The molecule has 2 aromatic rings. The number of likely N-dealkylation sites (tertiary alicyclic amines) is 1. The normalized spacial score (nSPS) is 15.3. The molecule has 2 heterocycles. The fourth-order valence-corrected chi connectivity index (χ4v) is 4.24. The summed E-state index contributed by atoms with van der Waals surface area (Å²) in [6.45, 7) is 1.82. The molecule has 0 unspecified atom stereocenters. The summed E-state index contributed by atoms with van der Waals surface area (Å²) in [4.78, 5) is 18.4. The highest BCUT2D eigenvalue weighted by Gasteiger charge is 2.18. The van der Waals surface area contributed by atoms with Crippen LogP contribution in [0.15, 0.2) is 22.5 Å². The van der Waals surface area contributed by atoms with E-state index >= 15 is 0 Å². The van der Waals surface area contributed by atoms with Gasteiger partial charge >= 0.3 is 0 Å². The molecule has 1 aliphatic rings. The van der Waals surface area contributed by atoms with Crippen LogP contribution < -0.4 is 0 Å². The number of carbonyl (C=O) groups is 1. The highest BCUT2D eigenvalue weighted by atomic mass is 35.5. The molecule has 1 aliphatic heterocycles. The molecule has 100 valence electrons. The van der Waals surface area contributed by atoms with E-state index in [-0.39, 0.29) is 5.91 Å². The van der Waals surface area contributed by atoms with Gasteiger partial charge in [0.1, 0.15) is 0 Å². The minimum Gasteiger partial charge on any atom is -0.342 e. The minimum absolute atomic E-state index is 0.222. The molecule has 6 heteroatoms. The Balaban J connectivity index is 1.66. The fraction of sp³-hybridized carbons (Fsp3) is 0.385. The smallest absolute Gasteiger partial charge is 0.233 e. The second-order valence-corrected chi connectivity index (χ2v) is 7.16. The van der Waals surface area contributed by atoms with Crippen LogP contribution in [0.5, 0.6) is 0 Å². The Morgan fingerprint density at radius 3 is 3.00 bits per heavy atom. The first-order valence-electron chi connectivity index (χ1n) is 6.19. The van der Waals surface area contributed by atoms with Crippen molar-refractivity contribution in [1.29, 1.82) is 0 Å². The molecule has 0 saturated carbocycles. The number of aromatic nitrogens is 1. The third-order valence-electron chi connectivity index (χ3n) is 3.11. The predicted molar refractivity (Wildman–Crippen MR) is 81.2 cm³/mol. The van der Waals surface area contributed by atoms with Gasteiger partial charge in [0, 0.05) is 18.1 Å². The Bertz CT molecular complexity index is 608. The van der Waals surface area contributed by atoms with Crippen molar-refractivity contribution in [2.75, 3.05) is 18.8 Å². The second-order valence-electron chi connectivity index (χ2n) is 4.47. The molecule has 1 amide bonds. The van der Waals surface area contributed by atoms with Crippen molar-refractivity contribution < 1.29 is 4.79 Å². The highest BCUT2D eigenvalue weighted by molar-refractivity contribution is 8.01. The van der Waals surface area contributed by atoms with Gasteiger partial charge in [-0.15, -0.1) is 11.3 Å². The van der Waals surface area contributed by atoms with Crippen molar-refractivity contribution >= 4 is 50.8 Å². The van der Waals surface area contributed by atoms with Gasteiger partial charge in [0.05, 0.1) is 16.0 Å². The SMILES string of the molecule is O=C(CSc1nc2cc(Cl)ccc2s1)N1CCCC1. The Kier molecular flexibility index (Phi) is 3.96. The lowest BCUT2D eigenvalue weighted by Crippen LogP contribution is -2.29. The van der Waals surface area contributed by atoms with Crippen LogP contribution in [0.2, 0.25) is 5.02 Å². The lowest BCUT2D eigenvalue weighted by molar-refractivity contribution is -0.127. The van der Waals surface area contributed by atoms with E-state index in [0.717, 1.165) is 40.5 Å². The molecule has 0 spiro atoms. The van der Waals surface area contributed by atoms with Crippen molar-refractivity contribution in [3.8, 4) is 0 Å². The van der Waals surface area contributed by atoms with Crippen LogP contribution in [0.4, 0.5) is 0 Å². The van der Waals surface area contributed by atoms with Gasteiger partial charge in [0.15, 0.2) is 4.34 Å². The number of amides is 1. The third-order valence-corrected chi connectivity index (χ3v) is 5.51. The number of fused-ring (bicyclic) bond motifs is 1. The van der Waals surface area contributed by atoms with Crippen LogP contribution >= 0.6 is 34.7 Å². The van der Waals surface area contributed by atoms with Crippen LogP contribution in [0.1, 0.15) is 12.8 Å². The number of thiazole rings is 1. The van der Waals surface area contributed by atoms with E-state index in [2.05, 4.69) is 4.98 Å². The first kappa shape index (κ1) is 13.2. The summed E-state index contributed by atoms with van der Waals surface area (Å²) >= 11 is 9.07. The van der Waals surface area contributed by atoms with E-state index in [1.807, 2.05) is 23.1 Å². The maximum atomic E-state index is 11.9. The van der Waals surface area contributed by atoms with E-state index in [4.69, 9.17) is 11.6 Å². The van der Waals surface area contributed by atoms with Gasteiger partial charge in [-0.1, -0.05) is 23.4 Å². The van der Waals surface area contributed by atoms with Crippen molar-refractivity contribution in [1.82, 2.24) is 9.88 Å². The van der Waals surface area contributed by atoms with E-state index in [1.165, 1.54) is 11.8 Å². The van der Waals surface area contributed by atoms with Gasteiger partial charge in [-0.05, 0) is 31.0 Å². The molecule has 1 aromatic heterocycles.